The van der Waals surface area contributed by atoms with Crippen LogP contribution in [0.2, 0.25) is 5.02 Å². The number of hydrogen-bond donors (Lipinski definition) is 1. The molecule has 3 aromatic heterocycles. The van der Waals surface area contributed by atoms with E-state index in [-0.39, 0.29) is 0 Å². The number of fused-ring (bicyclic) bond motifs is 3. The van der Waals surface area contributed by atoms with Crippen LogP contribution in [0.25, 0.3) is 15.9 Å². The Morgan fingerprint density at radius 1 is 1.05 bits per heavy atom. The van der Waals surface area contributed by atoms with Crippen molar-refractivity contribution >= 4 is 50.3 Å². The molecule has 0 saturated heterocycles. The lowest BCUT2D eigenvalue weighted by atomic mass is 10.3. The molecular weight excluding hydrogens is 290 g/mol. The van der Waals surface area contributed by atoms with Crippen LogP contribution in [0, 0.1) is 0 Å². The van der Waals surface area contributed by atoms with Crippen LogP contribution in [0.3, 0.4) is 0 Å². The molecule has 0 fully saturated rings. The Morgan fingerprint density at radius 3 is 2.85 bits per heavy atom. The van der Waals surface area contributed by atoms with Gasteiger partial charge in [-0.3, -0.25) is 0 Å². The summed E-state index contributed by atoms with van der Waals surface area (Å²) in [4.78, 5) is 5.70. The first-order chi connectivity index (χ1) is 9.83. The molecule has 0 bridgehead atoms. The Kier molecular flexibility index (Phi) is 2.65. The highest BCUT2D eigenvalue weighted by atomic mass is 35.5. The third-order valence-electron chi connectivity index (χ3n) is 3.22. The predicted octanol–water partition coefficient (Wildman–Crippen LogP) is 4.95. The Hall–Kier alpha value is -2.04. The molecule has 0 saturated carbocycles. The van der Waals surface area contributed by atoms with Gasteiger partial charge >= 0.3 is 0 Å². The lowest BCUT2D eigenvalue weighted by Crippen LogP contribution is -1.98. The Balaban J connectivity index is 1.93. The Bertz CT molecular complexity index is 910. The van der Waals surface area contributed by atoms with Gasteiger partial charge in [-0.15, -0.1) is 11.3 Å². The first-order valence-electron chi connectivity index (χ1n) is 6.19. The lowest BCUT2D eigenvalue weighted by Gasteiger charge is -2.10. The monoisotopic (exact) mass is 299 g/mol. The van der Waals surface area contributed by atoms with Crippen LogP contribution in [0.5, 0.6) is 0 Å². The molecule has 98 valence electrons. The second-order valence-corrected chi connectivity index (χ2v) is 5.74. The van der Waals surface area contributed by atoms with Crippen molar-refractivity contribution in [2.75, 3.05) is 5.32 Å². The van der Waals surface area contributed by atoms with Crippen molar-refractivity contribution in [3.05, 3.63) is 59.1 Å². The average molecular weight is 300 g/mol. The van der Waals surface area contributed by atoms with E-state index >= 15 is 0 Å². The van der Waals surface area contributed by atoms with Crippen molar-refractivity contribution in [3.8, 4) is 0 Å². The predicted molar refractivity (Wildman–Crippen MR) is 85.3 cm³/mol. The summed E-state index contributed by atoms with van der Waals surface area (Å²) in [6.07, 6.45) is 2.05. The van der Waals surface area contributed by atoms with Gasteiger partial charge in [0.25, 0.3) is 0 Å². The van der Waals surface area contributed by atoms with E-state index in [1.54, 1.807) is 11.3 Å². The number of nitrogens with one attached hydrogen (secondary N) is 1. The Labute approximate surface area is 124 Å². The number of hydrogen-bond acceptors (Lipinski definition) is 3. The molecule has 3 nitrogen and oxygen atoms in total. The van der Waals surface area contributed by atoms with Crippen molar-refractivity contribution in [2.24, 2.45) is 0 Å². The summed E-state index contributed by atoms with van der Waals surface area (Å²) in [6, 6.07) is 13.8. The highest BCUT2D eigenvalue weighted by molar-refractivity contribution is 7.16. The molecule has 5 heteroatoms. The summed E-state index contributed by atoms with van der Waals surface area (Å²) in [5.74, 6) is 0.818. The van der Waals surface area contributed by atoms with Crippen molar-refractivity contribution in [1.82, 2.24) is 9.38 Å². The molecule has 0 atom stereocenters. The molecule has 0 radical (unpaired) electrons. The first kappa shape index (κ1) is 11.8. The number of benzene rings is 1. The molecule has 0 unspecified atom stereocenters. The van der Waals surface area contributed by atoms with Crippen LogP contribution in [0.4, 0.5) is 11.5 Å². The smallest absolute Gasteiger partial charge is 0.156 e. The topological polar surface area (TPSA) is 29.3 Å². The Morgan fingerprint density at radius 2 is 1.95 bits per heavy atom. The van der Waals surface area contributed by atoms with Crippen LogP contribution in [-0.4, -0.2) is 9.38 Å². The van der Waals surface area contributed by atoms with Crippen LogP contribution in [-0.2, 0) is 0 Å². The summed E-state index contributed by atoms with van der Waals surface area (Å²) in [7, 11) is 0. The number of aromatic nitrogens is 2. The normalized spacial score (nSPS) is 11.2. The number of rotatable bonds is 2. The van der Waals surface area contributed by atoms with Gasteiger partial charge in [0.1, 0.15) is 4.83 Å². The van der Waals surface area contributed by atoms with Gasteiger partial charge in [-0.1, -0.05) is 23.7 Å². The molecule has 4 rings (SSSR count). The number of nitrogens with zero attached hydrogens (tertiary/aromatic N) is 2. The van der Waals surface area contributed by atoms with E-state index in [9.17, 15) is 0 Å². The second kappa shape index (κ2) is 4.51. The molecule has 1 N–H and O–H groups in total. The van der Waals surface area contributed by atoms with Crippen molar-refractivity contribution < 1.29 is 0 Å². The highest BCUT2D eigenvalue weighted by Gasteiger charge is 2.10. The van der Waals surface area contributed by atoms with E-state index < -0.39 is 0 Å². The largest absolute Gasteiger partial charge is 0.337 e. The zero-order valence-electron chi connectivity index (χ0n) is 10.4. The summed E-state index contributed by atoms with van der Waals surface area (Å²) in [5, 5.41) is 6.06. The van der Waals surface area contributed by atoms with Crippen LogP contribution in [0.15, 0.2) is 54.0 Å². The average Bonchev–Trinajstić information content (AvgIpc) is 3.08. The van der Waals surface area contributed by atoms with E-state index in [0.29, 0.717) is 5.02 Å². The summed E-state index contributed by atoms with van der Waals surface area (Å²) in [5.41, 5.74) is 3.02. The number of halogens is 1. The van der Waals surface area contributed by atoms with Crippen molar-refractivity contribution in [2.45, 2.75) is 0 Å². The zero-order chi connectivity index (χ0) is 13.5. The molecule has 4 aromatic rings. The van der Waals surface area contributed by atoms with E-state index in [0.717, 1.165) is 27.4 Å². The third-order valence-corrected chi connectivity index (χ3v) is 4.34. The minimum Gasteiger partial charge on any atom is -0.337 e. The van der Waals surface area contributed by atoms with E-state index in [4.69, 9.17) is 16.6 Å². The maximum atomic E-state index is 6.20. The zero-order valence-corrected chi connectivity index (χ0v) is 11.9. The highest BCUT2D eigenvalue weighted by Crippen LogP contribution is 2.30. The van der Waals surface area contributed by atoms with Gasteiger partial charge in [-0.2, -0.15) is 0 Å². The fourth-order valence-electron chi connectivity index (χ4n) is 2.29. The lowest BCUT2D eigenvalue weighted by molar-refractivity contribution is 1.24. The van der Waals surface area contributed by atoms with Crippen LogP contribution < -0.4 is 5.32 Å². The summed E-state index contributed by atoms with van der Waals surface area (Å²) in [6.45, 7) is 0. The fraction of sp³-hybridized carbons (Fsp3) is 0. The maximum Gasteiger partial charge on any atom is 0.156 e. The molecule has 3 heterocycles. The van der Waals surface area contributed by atoms with Gasteiger partial charge in [-0.25, -0.2) is 4.98 Å². The number of thiophene rings is 1. The first-order valence-corrected chi connectivity index (χ1v) is 7.44. The summed E-state index contributed by atoms with van der Waals surface area (Å²) < 4.78 is 2.14. The second-order valence-electron chi connectivity index (χ2n) is 4.44. The maximum absolute atomic E-state index is 6.20. The number of para-hydroxylation sites is 1. The van der Waals surface area contributed by atoms with Gasteiger partial charge in [-0.05, 0) is 35.7 Å². The molecule has 0 aliphatic carbocycles. The van der Waals surface area contributed by atoms with Gasteiger partial charge in [0.2, 0.25) is 0 Å². The van der Waals surface area contributed by atoms with Crippen molar-refractivity contribution in [1.29, 1.82) is 0 Å². The van der Waals surface area contributed by atoms with E-state index in [2.05, 4.69) is 21.2 Å². The third kappa shape index (κ3) is 1.77. The molecule has 1 aromatic carbocycles. The SMILES string of the molecule is Clc1ccccc1Nc1nc2sccc2n2cccc12. The standard InChI is InChI=1S/C15H10ClN3S/c16-10-4-1-2-5-11(10)17-14-12-6-3-8-19(12)13-7-9-20-15(13)18-14/h1-9H,(H,17,18). The number of anilines is 2. The molecule has 0 amide bonds. The van der Waals surface area contributed by atoms with Crippen LogP contribution in [0.1, 0.15) is 0 Å². The van der Waals surface area contributed by atoms with Gasteiger partial charge < -0.3 is 9.72 Å². The van der Waals surface area contributed by atoms with E-state index in [1.807, 2.05) is 42.6 Å². The van der Waals surface area contributed by atoms with Crippen LogP contribution >= 0.6 is 22.9 Å². The minimum atomic E-state index is 0.685. The van der Waals surface area contributed by atoms with Gasteiger partial charge in [0, 0.05) is 6.20 Å². The van der Waals surface area contributed by atoms with Crippen molar-refractivity contribution in [3.63, 3.8) is 0 Å². The molecule has 0 aliphatic heterocycles. The van der Waals surface area contributed by atoms with E-state index in [1.165, 1.54) is 0 Å². The minimum absolute atomic E-state index is 0.685. The van der Waals surface area contributed by atoms with Gasteiger partial charge in [0.15, 0.2) is 5.82 Å². The molecule has 20 heavy (non-hydrogen) atoms. The molecule has 0 spiro atoms. The summed E-state index contributed by atoms with van der Waals surface area (Å²) >= 11 is 7.83. The molecular formula is C15H10ClN3S. The fourth-order valence-corrected chi connectivity index (χ4v) is 3.23. The molecule has 0 aliphatic rings. The van der Waals surface area contributed by atoms with Gasteiger partial charge in [0.05, 0.1) is 21.7 Å². The quantitative estimate of drug-likeness (QED) is 0.567.